The van der Waals surface area contributed by atoms with Crippen LogP contribution >= 0.6 is 0 Å². The van der Waals surface area contributed by atoms with Crippen molar-refractivity contribution in [2.24, 2.45) is 0 Å². The molecule has 0 saturated carbocycles. The molecule has 0 radical (unpaired) electrons. The Hall–Kier alpha value is -1.28. The van der Waals surface area contributed by atoms with Crippen LogP contribution in [0.25, 0.3) is 0 Å². The standard InChI is InChI=1S/C11H15F3N2O2S/c1-2-16-19(17,18)10-6-4-3-5-9(10)15-8-7-11(12,13)14/h3-6,15-16H,2,7-8H2,1H3. The topological polar surface area (TPSA) is 58.2 Å². The molecule has 8 heteroatoms. The molecule has 1 aromatic carbocycles. The minimum atomic E-state index is -4.28. The number of hydrogen-bond donors (Lipinski definition) is 2. The Morgan fingerprint density at radius 1 is 1.21 bits per heavy atom. The molecule has 0 aliphatic heterocycles. The van der Waals surface area contributed by atoms with Gasteiger partial charge in [-0.05, 0) is 12.1 Å². The lowest BCUT2D eigenvalue weighted by molar-refractivity contribution is -0.131. The van der Waals surface area contributed by atoms with E-state index in [0.717, 1.165) is 0 Å². The summed E-state index contributed by atoms with van der Waals surface area (Å²) in [5, 5.41) is 2.50. The van der Waals surface area contributed by atoms with Gasteiger partial charge in [0.25, 0.3) is 0 Å². The van der Waals surface area contributed by atoms with Crippen LogP contribution in [0.1, 0.15) is 13.3 Å². The molecule has 108 valence electrons. The molecule has 0 aliphatic carbocycles. The molecule has 0 heterocycles. The second kappa shape index (κ2) is 6.25. The summed E-state index contributed by atoms with van der Waals surface area (Å²) in [6.45, 7) is 1.46. The zero-order valence-corrected chi connectivity index (χ0v) is 11.1. The highest BCUT2D eigenvalue weighted by Gasteiger charge is 2.26. The van der Waals surface area contributed by atoms with Gasteiger partial charge in [0.05, 0.1) is 12.1 Å². The van der Waals surface area contributed by atoms with E-state index in [-0.39, 0.29) is 23.7 Å². The first-order valence-corrected chi connectivity index (χ1v) is 7.14. The third kappa shape index (κ3) is 5.07. The molecule has 1 aromatic rings. The maximum absolute atomic E-state index is 12.0. The second-order valence-corrected chi connectivity index (χ2v) is 5.52. The molecule has 0 unspecified atom stereocenters. The number of para-hydroxylation sites is 1. The van der Waals surface area contributed by atoms with Crippen molar-refractivity contribution in [1.82, 2.24) is 4.72 Å². The van der Waals surface area contributed by atoms with Crippen LogP contribution in [-0.2, 0) is 10.0 Å². The van der Waals surface area contributed by atoms with E-state index in [0.29, 0.717) is 0 Å². The second-order valence-electron chi connectivity index (χ2n) is 3.79. The van der Waals surface area contributed by atoms with Gasteiger partial charge in [0.2, 0.25) is 10.0 Å². The summed E-state index contributed by atoms with van der Waals surface area (Å²) in [6, 6.07) is 5.84. The minimum absolute atomic E-state index is 0.0565. The Morgan fingerprint density at radius 3 is 2.42 bits per heavy atom. The molecule has 2 N–H and O–H groups in total. The SMILES string of the molecule is CCNS(=O)(=O)c1ccccc1NCCC(F)(F)F. The van der Waals surface area contributed by atoms with Gasteiger partial charge in [-0.2, -0.15) is 13.2 Å². The first kappa shape index (κ1) is 15.8. The van der Waals surface area contributed by atoms with Crippen LogP contribution in [0.15, 0.2) is 29.2 Å². The van der Waals surface area contributed by atoms with Gasteiger partial charge >= 0.3 is 6.18 Å². The van der Waals surface area contributed by atoms with Crippen LogP contribution in [0.5, 0.6) is 0 Å². The molecule has 19 heavy (non-hydrogen) atoms. The summed E-state index contributed by atoms with van der Waals surface area (Å²) < 4.78 is 62.1. The van der Waals surface area contributed by atoms with E-state index in [1.165, 1.54) is 18.2 Å². The third-order valence-corrected chi connectivity index (χ3v) is 3.84. The van der Waals surface area contributed by atoms with Gasteiger partial charge in [-0.1, -0.05) is 19.1 Å². The summed E-state index contributed by atoms with van der Waals surface area (Å²) >= 11 is 0. The molecular formula is C11H15F3N2O2S. The highest BCUT2D eigenvalue weighted by Crippen LogP contribution is 2.23. The summed E-state index contributed by atoms with van der Waals surface area (Å²) in [5.41, 5.74) is 0.160. The first-order chi connectivity index (χ1) is 8.76. The van der Waals surface area contributed by atoms with Crippen molar-refractivity contribution >= 4 is 15.7 Å². The highest BCUT2D eigenvalue weighted by molar-refractivity contribution is 7.89. The lowest BCUT2D eigenvalue weighted by Crippen LogP contribution is -2.24. The van der Waals surface area contributed by atoms with Crippen molar-refractivity contribution in [3.8, 4) is 0 Å². The van der Waals surface area contributed by atoms with Crippen LogP contribution in [0.4, 0.5) is 18.9 Å². The molecule has 0 atom stereocenters. The van der Waals surface area contributed by atoms with Crippen LogP contribution < -0.4 is 10.0 Å². The number of rotatable bonds is 6. The normalized spacial score (nSPS) is 12.4. The highest BCUT2D eigenvalue weighted by atomic mass is 32.2. The Kier molecular flexibility index (Phi) is 5.19. The van der Waals surface area contributed by atoms with Crippen LogP contribution in [-0.4, -0.2) is 27.7 Å². The maximum Gasteiger partial charge on any atom is 0.390 e. The van der Waals surface area contributed by atoms with Gasteiger partial charge in [0.15, 0.2) is 0 Å². The van der Waals surface area contributed by atoms with Crippen molar-refractivity contribution in [1.29, 1.82) is 0 Å². The lowest BCUT2D eigenvalue weighted by Gasteiger charge is -2.13. The third-order valence-electron chi connectivity index (χ3n) is 2.23. The molecular weight excluding hydrogens is 281 g/mol. The number of alkyl halides is 3. The Bertz CT molecular complexity index is 515. The van der Waals surface area contributed by atoms with Gasteiger partial charge < -0.3 is 5.32 Å². The van der Waals surface area contributed by atoms with Gasteiger partial charge in [0.1, 0.15) is 4.90 Å². The zero-order valence-electron chi connectivity index (χ0n) is 10.3. The Morgan fingerprint density at radius 2 is 1.84 bits per heavy atom. The average Bonchev–Trinajstić information content (AvgIpc) is 2.27. The fraction of sp³-hybridized carbons (Fsp3) is 0.455. The summed E-state index contributed by atoms with van der Waals surface area (Å²) in [5.74, 6) is 0. The summed E-state index contributed by atoms with van der Waals surface area (Å²) in [4.78, 5) is -0.0565. The Balaban J connectivity index is 2.85. The summed E-state index contributed by atoms with van der Waals surface area (Å²) in [7, 11) is -3.70. The molecule has 0 fully saturated rings. The lowest BCUT2D eigenvalue weighted by atomic mass is 10.3. The van der Waals surface area contributed by atoms with Crippen LogP contribution in [0.3, 0.4) is 0 Å². The van der Waals surface area contributed by atoms with Crippen molar-refractivity contribution in [2.75, 3.05) is 18.4 Å². The van der Waals surface area contributed by atoms with E-state index in [1.807, 2.05) is 0 Å². The first-order valence-electron chi connectivity index (χ1n) is 5.65. The van der Waals surface area contributed by atoms with E-state index < -0.39 is 22.6 Å². The van der Waals surface area contributed by atoms with Gasteiger partial charge in [-0.25, -0.2) is 13.1 Å². The van der Waals surface area contributed by atoms with Gasteiger partial charge in [-0.15, -0.1) is 0 Å². The molecule has 0 spiro atoms. The molecule has 0 saturated heterocycles. The van der Waals surface area contributed by atoms with E-state index in [2.05, 4.69) is 10.0 Å². The van der Waals surface area contributed by atoms with E-state index >= 15 is 0 Å². The molecule has 1 rings (SSSR count). The fourth-order valence-corrected chi connectivity index (χ4v) is 2.68. The van der Waals surface area contributed by atoms with Crippen LogP contribution in [0, 0.1) is 0 Å². The van der Waals surface area contributed by atoms with Gasteiger partial charge in [-0.3, -0.25) is 0 Å². The fourth-order valence-electron chi connectivity index (χ4n) is 1.45. The quantitative estimate of drug-likeness (QED) is 0.847. The number of nitrogens with one attached hydrogen (secondary N) is 2. The molecule has 0 aliphatic rings. The summed E-state index contributed by atoms with van der Waals surface area (Å²) in [6.07, 6.45) is -5.30. The predicted molar refractivity (Wildman–Crippen MR) is 66.5 cm³/mol. The zero-order chi connectivity index (χ0) is 14.5. The number of hydrogen-bond acceptors (Lipinski definition) is 3. The van der Waals surface area contributed by atoms with Crippen molar-refractivity contribution in [3.63, 3.8) is 0 Å². The van der Waals surface area contributed by atoms with Crippen molar-refractivity contribution in [3.05, 3.63) is 24.3 Å². The van der Waals surface area contributed by atoms with E-state index in [1.54, 1.807) is 13.0 Å². The molecule has 0 aromatic heterocycles. The minimum Gasteiger partial charge on any atom is -0.384 e. The van der Waals surface area contributed by atoms with E-state index in [4.69, 9.17) is 0 Å². The monoisotopic (exact) mass is 296 g/mol. The number of benzene rings is 1. The number of anilines is 1. The maximum atomic E-state index is 12.0. The van der Waals surface area contributed by atoms with Crippen molar-refractivity contribution < 1.29 is 21.6 Å². The molecule has 4 nitrogen and oxygen atoms in total. The average molecular weight is 296 g/mol. The predicted octanol–water partition coefficient (Wildman–Crippen LogP) is 2.35. The van der Waals surface area contributed by atoms with Crippen molar-refractivity contribution in [2.45, 2.75) is 24.4 Å². The number of sulfonamides is 1. The van der Waals surface area contributed by atoms with Crippen LogP contribution in [0.2, 0.25) is 0 Å². The smallest absolute Gasteiger partial charge is 0.384 e. The molecule has 0 amide bonds. The van der Waals surface area contributed by atoms with E-state index in [9.17, 15) is 21.6 Å². The van der Waals surface area contributed by atoms with Gasteiger partial charge in [0, 0.05) is 13.1 Å². The Labute approximate surface area is 110 Å². The largest absolute Gasteiger partial charge is 0.390 e. The molecule has 0 bridgehead atoms. The number of halogens is 3.